The summed E-state index contributed by atoms with van der Waals surface area (Å²) in [5.74, 6) is -0.904. The van der Waals surface area contributed by atoms with Crippen molar-refractivity contribution in [1.29, 1.82) is 0 Å². The highest BCUT2D eigenvalue weighted by Crippen LogP contribution is 2.39. The normalized spacial score (nSPS) is 11.8. The lowest BCUT2D eigenvalue weighted by Crippen LogP contribution is -2.22. The first-order valence-electron chi connectivity index (χ1n) is 10.2. The lowest BCUT2D eigenvalue weighted by Gasteiger charge is -2.13. The Balaban J connectivity index is 1.51. The van der Waals surface area contributed by atoms with Gasteiger partial charge in [-0.15, -0.1) is 11.3 Å². The minimum Gasteiger partial charge on any atom is -0.462 e. The zero-order valence-corrected chi connectivity index (χ0v) is 19.5. The predicted molar refractivity (Wildman–Crippen MR) is 129 cm³/mol. The van der Waals surface area contributed by atoms with Crippen LogP contribution in [0.1, 0.15) is 24.2 Å². The first-order chi connectivity index (χ1) is 16.0. The lowest BCUT2D eigenvalue weighted by atomic mass is 10.1. The van der Waals surface area contributed by atoms with Crippen molar-refractivity contribution in [2.24, 2.45) is 0 Å². The fraction of sp³-hybridized carbons (Fsp3) is 0.167. The molecule has 4 rings (SSSR count). The first-order valence-corrected chi connectivity index (χ1v) is 11.9. The van der Waals surface area contributed by atoms with Crippen molar-refractivity contribution >= 4 is 50.9 Å². The molecule has 0 aliphatic carbocycles. The molecule has 2 heterocycles. The van der Waals surface area contributed by atoms with Crippen molar-refractivity contribution in [2.75, 3.05) is 11.9 Å². The molecule has 0 aliphatic heterocycles. The van der Waals surface area contributed by atoms with E-state index in [9.17, 15) is 14.0 Å². The molecule has 168 valence electrons. The van der Waals surface area contributed by atoms with Crippen LogP contribution in [0.3, 0.4) is 0 Å². The van der Waals surface area contributed by atoms with Crippen molar-refractivity contribution in [2.45, 2.75) is 24.1 Å². The first kappa shape index (κ1) is 22.9. The van der Waals surface area contributed by atoms with E-state index in [-0.39, 0.29) is 11.7 Å². The third kappa shape index (κ3) is 5.20. The Kier molecular flexibility index (Phi) is 7.00. The highest BCUT2D eigenvalue weighted by molar-refractivity contribution is 8.00. The fourth-order valence-corrected chi connectivity index (χ4v) is 5.06. The summed E-state index contributed by atoms with van der Waals surface area (Å²) >= 11 is 2.80. The zero-order valence-electron chi connectivity index (χ0n) is 17.9. The number of esters is 1. The number of carbonyl (C=O) groups excluding carboxylic acids is 2. The molecule has 2 aromatic heterocycles. The number of halogens is 1. The summed E-state index contributed by atoms with van der Waals surface area (Å²) in [4.78, 5) is 34.1. The molecular formula is C24H20FN3O3S2. The average molecular weight is 482 g/mol. The third-order valence-corrected chi connectivity index (χ3v) is 6.80. The second-order valence-electron chi connectivity index (χ2n) is 7.06. The third-order valence-electron chi connectivity index (χ3n) is 4.81. The van der Waals surface area contributed by atoms with E-state index in [2.05, 4.69) is 15.3 Å². The number of rotatable bonds is 7. The van der Waals surface area contributed by atoms with Crippen LogP contribution < -0.4 is 5.32 Å². The Labute approximate surface area is 198 Å². The molecule has 4 aromatic rings. The highest BCUT2D eigenvalue weighted by Gasteiger charge is 2.20. The number of thiophene rings is 1. The molecule has 0 spiro atoms. The number of ether oxygens (including phenoxy) is 1. The van der Waals surface area contributed by atoms with E-state index in [4.69, 9.17) is 4.74 Å². The molecule has 0 saturated carbocycles. The van der Waals surface area contributed by atoms with Crippen LogP contribution in [0.5, 0.6) is 0 Å². The van der Waals surface area contributed by atoms with E-state index in [0.717, 1.165) is 21.3 Å². The number of nitrogens with zero attached hydrogens (tertiary/aromatic N) is 2. The number of carbonyl (C=O) groups is 2. The number of thioether (sulfide) groups is 1. The standard InChI is InChI=1S/C24H20FN3O3S2/c1-3-31-24(30)16-6-10-18(11-7-16)28-21(29)14(2)33-23-20-19(12-32-22(20)26-13-27-23)15-4-8-17(25)9-5-15/h4-14H,3H2,1-2H3,(H,28,29). The maximum absolute atomic E-state index is 13.4. The average Bonchev–Trinajstić information content (AvgIpc) is 3.25. The molecule has 1 N–H and O–H groups in total. The zero-order chi connectivity index (χ0) is 23.4. The second-order valence-corrected chi connectivity index (χ2v) is 9.25. The summed E-state index contributed by atoms with van der Waals surface area (Å²) in [6, 6.07) is 12.8. The van der Waals surface area contributed by atoms with Gasteiger partial charge in [0.2, 0.25) is 5.91 Å². The van der Waals surface area contributed by atoms with Crippen molar-refractivity contribution in [3.8, 4) is 11.1 Å². The number of aromatic nitrogens is 2. The predicted octanol–water partition coefficient (Wildman–Crippen LogP) is 5.79. The van der Waals surface area contributed by atoms with Gasteiger partial charge in [0.15, 0.2) is 0 Å². The van der Waals surface area contributed by atoms with Crippen LogP contribution in [0, 0.1) is 5.82 Å². The highest BCUT2D eigenvalue weighted by atomic mass is 32.2. The monoisotopic (exact) mass is 481 g/mol. The molecule has 2 aromatic carbocycles. The molecule has 0 saturated heterocycles. The maximum Gasteiger partial charge on any atom is 0.338 e. The number of fused-ring (bicyclic) bond motifs is 1. The van der Waals surface area contributed by atoms with Gasteiger partial charge < -0.3 is 10.1 Å². The van der Waals surface area contributed by atoms with Crippen LogP contribution in [0.25, 0.3) is 21.3 Å². The molecule has 0 radical (unpaired) electrons. The van der Waals surface area contributed by atoms with E-state index in [1.165, 1.54) is 41.6 Å². The number of amides is 1. The van der Waals surface area contributed by atoms with E-state index in [0.29, 0.717) is 22.9 Å². The Bertz CT molecular complexity index is 1290. The molecule has 6 nitrogen and oxygen atoms in total. The van der Waals surface area contributed by atoms with Crippen LogP contribution in [-0.4, -0.2) is 33.7 Å². The summed E-state index contributed by atoms with van der Waals surface area (Å²) < 4.78 is 18.3. The van der Waals surface area contributed by atoms with Gasteiger partial charge in [-0.05, 0) is 55.8 Å². The maximum atomic E-state index is 13.4. The molecule has 9 heteroatoms. The number of benzene rings is 2. The Morgan fingerprint density at radius 2 is 1.85 bits per heavy atom. The number of nitrogens with one attached hydrogen (secondary N) is 1. The van der Waals surface area contributed by atoms with E-state index < -0.39 is 11.2 Å². The van der Waals surface area contributed by atoms with Gasteiger partial charge in [0, 0.05) is 16.6 Å². The van der Waals surface area contributed by atoms with Gasteiger partial charge in [0.1, 0.15) is 22.0 Å². The Morgan fingerprint density at radius 3 is 2.55 bits per heavy atom. The number of hydrogen-bond donors (Lipinski definition) is 1. The summed E-state index contributed by atoms with van der Waals surface area (Å²) in [6.45, 7) is 3.84. The van der Waals surface area contributed by atoms with Crippen LogP contribution in [0.15, 0.2) is 65.3 Å². The van der Waals surface area contributed by atoms with E-state index in [1.807, 2.05) is 5.38 Å². The molecular weight excluding hydrogens is 461 g/mol. The van der Waals surface area contributed by atoms with Crippen LogP contribution in [-0.2, 0) is 9.53 Å². The summed E-state index contributed by atoms with van der Waals surface area (Å²) in [7, 11) is 0. The van der Waals surface area contributed by atoms with Crippen molar-refractivity contribution < 1.29 is 18.7 Å². The van der Waals surface area contributed by atoms with Crippen LogP contribution in [0.4, 0.5) is 10.1 Å². The van der Waals surface area contributed by atoms with E-state index >= 15 is 0 Å². The van der Waals surface area contributed by atoms with Gasteiger partial charge in [-0.25, -0.2) is 19.2 Å². The summed E-state index contributed by atoms with van der Waals surface area (Å²) in [5.41, 5.74) is 2.76. The number of hydrogen-bond acceptors (Lipinski definition) is 7. The fourth-order valence-electron chi connectivity index (χ4n) is 3.15. The Hall–Kier alpha value is -3.30. The van der Waals surface area contributed by atoms with Crippen LogP contribution >= 0.6 is 23.1 Å². The largest absolute Gasteiger partial charge is 0.462 e. The topological polar surface area (TPSA) is 81.2 Å². The van der Waals surface area contributed by atoms with Gasteiger partial charge in [0.05, 0.1) is 22.8 Å². The molecule has 1 atom stereocenters. The lowest BCUT2D eigenvalue weighted by molar-refractivity contribution is -0.115. The summed E-state index contributed by atoms with van der Waals surface area (Å²) in [5, 5.41) is 5.90. The minimum absolute atomic E-state index is 0.200. The summed E-state index contributed by atoms with van der Waals surface area (Å²) in [6.07, 6.45) is 1.48. The molecule has 1 unspecified atom stereocenters. The molecule has 33 heavy (non-hydrogen) atoms. The SMILES string of the molecule is CCOC(=O)c1ccc(NC(=O)C(C)Sc2ncnc3scc(-c4ccc(F)cc4)c23)cc1. The second kappa shape index (κ2) is 10.1. The molecule has 0 bridgehead atoms. The van der Waals surface area contributed by atoms with Crippen LogP contribution in [0.2, 0.25) is 0 Å². The number of anilines is 1. The van der Waals surface area contributed by atoms with Gasteiger partial charge >= 0.3 is 5.97 Å². The van der Waals surface area contributed by atoms with Crippen molar-refractivity contribution in [1.82, 2.24) is 9.97 Å². The molecule has 1 amide bonds. The quantitative estimate of drug-likeness (QED) is 0.204. The van der Waals surface area contributed by atoms with Gasteiger partial charge in [-0.1, -0.05) is 23.9 Å². The minimum atomic E-state index is -0.450. The smallest absolute Gasteiger partial charge is 0.338 e. The van der Waals surface area contributed by atoms with Gasteiger partial charge in [0.25, 0.3) is 0 Å². The molecule has 0 aliphatic rings. The van der Waals surface area contributed by atoms with Crippen molar-refractivity contribution in [3.63, 3.8) is 0 Å². The molecule has 0 fully saturated rings. The van der Waals surface area contributed by atoms with Gasteiger partial charge in [-0.3, -0.25) is 4.79 Å². The van der Waals surface area contributed by atoms with E-state index in [1.54, 1.807) is 50.2 Å². The Morgan fingerprint density at radius 1 is 1.12 bits per heavy atom. The van der Waals surface area contributed by atoms with Crippen molar-refractivity contribution in [3.05, 3.63) is 71.6 Å². The van der Waals surface area contributed by atoms with Gasteiger partial charge in [-0.2, -0.15) is 0 Å².